The monoisotopic (exact) mass is 249 g/mol. The van der Waals surface area contributed by atoms with Gasteiger partial charge in [0.2, 0.25) is 0 Å². The molecule has 3 N–H and O–H groups in total. The summed E-state index contributed by atoms with van der Waals surface area (Å²) in [5, 5.41) is 9.09. The SMILES string of the molecule is Cc1cc(C2CCC2)c(C(N)=S)cc1C(=O)O. The molecule has 0 spiro atoms. The number of carbonyl (C=O) groups is 1. The Labute approximate surface area is 106 Å². The Balaban J connectivity index is 2.54. The Kier molecular flexibility index (Phi) is 3.15. The highest BCUT2D eigenvalue weighted by Crippen LogP contribution is 2.38. The molecule has 2 rings (SSSR count). The number of carboxylic acids is 1. The van der Waals surface area contributed by atoms with Gasteiger partial charge < -0.3 is 10.8 Å². The summed E-state index contributed by atoms with van der Waals surface area (Å²) in [6.07, 6.45) is 3.50. The summed E-state index contributed by atoms with van der Waals surface area (Å²) >= 11 is 5.02. The minimum atomic E-state index is -0.930. The molecular formula is C13H15NO2S. The minimum absolute atomic E-state index is 0.286. The van der Waals surface area contributed by atoms with Gasteiger partial charge in [-0.25, -0.2) is 4.79 Å². The van der Waals surface area contributed by atoms with E-state index in [0.717, 1.165) is 29.5 Å². The zero-order valence-electron chi connectivity index (χ0n) is 9.69. The highest BCUT2D eigenvalue weighted by atomic mass is 32.1. The minimum Gasteiger partial charge on any atom is -0.478 e. The van der Waals surface area contributed by atoms with Gasteiger partial charge in [0, 0.05) is 5.56 Å². The maximum atomic E-state index is 11.1. The summed E-state index contributed by atoms with van der Waals surface area (Å²) in [7, 11) is 0. The number of benzene rings is 1. The summed E-state index contributed by atoms with van der Waals surface area (Å²) in [6, 6.07) is 3.55. The van der Waals surface area contributed by atoms with Crippen LogP contribution in [0.2, 0.25) is 0 Å². The number of hydrogen-bond acceptors (Lipinski definition) is 2. The van der Waals surface area contributed by atoms with Gasteiger partial charge in [-0.2, -0.15) is 0 Å². The van der Waals surface area contributed by atoms with Crippen LogP contribution in [0.4, 0.5) is 0 Å². The van der Waals surface area contributed by atoms with Crippen LogP contribution in [0, 0.1) is 6.92 Å². The normalized spacial score (nSPS) is 15.4. The quantitative estimate of drug-likeness (QED) is 0.808. The van der Waals surface area contributed by atoms with Crippen LogP contribution in [-0.4, -0.2) is 16.1 Å². The van der Waals surface area contributed by atoms with Crippen molar-refractivity contribution in [1.82, 2.24) is 0 Å². The fourth-order valence-corrected chi connectivity index (χ4v) is 2.41. The van der Waals surface area contributed by atoms with Crippen molar-refractivity contribution in [3.05, 3.63) is 34.4 Å². The van der Waals surface area contributed by atoms with Crippen LogP contribution in [0.15, 0.2) is 12.1 Å². The molecule has 0 aliphatic heterocycles. The number of nitrogens with two attached hydrogens (primary N) is 1. The fourth-order valence-electron chi connectivity index (χ4n) is 2.23. The molecule has 1 fully saturated rings. The van der Waals surface area contributed by atoms with Crippen molar-refractivity contribution in [3.8, 4) is 0 Å². The van der Waals surface area contributed by atoms with E-state index in [9.17, 15) is 4.79 Å². The van der Waals surface area contributed by atoms with E-state index in [1.807, 2.05) is 13.0 Å². The van der Waals surface area contributed by atoms with E-state index in [-0.39, 0.29) is 10.6 Å². The Morgan fingerprint density at radius 3 is 2.47 bits per heavy atom. The number of aryl methyl sites for hydroxylation is 1. The average Bonchev–Trinajstić information content (AvgIpc) is 2.13. The van der Waals surface area contributed by atoms with E-state index >= 15 is 0 Å². The van der Waals surface area contributed by atoms with E-state index in [1.165, 1.54) is 6.42 Å². The predicted molar refractivity (Wildman–Crippen MR) is 70.6 cm³/mol. The highest BCUT2D eigenvalue weighted by molar-refractivity contribution is 7.80. The summed E-state index contributed by atoms with van der Waals surface area (Å²) in [5.41, 5.74) is 8.60. The zero-order chi connectivity index (χ0) is 12.6. The summed E-state index contributed by atoms with van der Waals surface area (Å²) in [5.74, 6) is -0.437. The maximum absolute atomic E-state index is 11.1. The zero-order valence-corrected chi connectivity index (χ0v) is 10.5. The van der Waals surface area contributed by atoms with E-state index < -0.39 is 5.97 Å². The van der Waals surface area contributed by atoms with E-state index in [1.54, 1.807) is 6.07 Å². The molecule has 1 aromatic carbocycles. The summed E-state index contributed by atoms with van der Waals surface area (Å²) < 4.78 is 0. The largest absolute Gasteiger partial charge is 0.478 e. The third-order valence-electron chi connectivity index (χ3n) is 3.44. The van der Waals surface area contributed by atoms with Crippen molar-refractivity contribution >= 4 is 23.2 Å². The van der Waals surface area contributed by atoms with Crippen LogP contribution in [0.5, 0.6) is 0 Å². The first-order valence-electron chi connectivity index (χ1n) is 5.68. The molecule has 1 aromatic rings. The molecule has 1 saturated carbocycles. The first kappa shape index (κ1) is 12.0. The van der Waals surface area contributed by atoms with E-state index in [0.29, 0.717) is 5.92 Å². The van der Waals surface area contributed by atoms with E-state index in [2.05, 4.69) is 0 Å². The molecule has 90 valence electrons. The van der Waals surface area contributed by atoms with Gasteiger partial charge >= 0.3 is 5.97 Å². The van der Waals surface area contributed by atoms with Crippen LogP contribution in [0.3, 0.4) is 0 Å². The predicted octanol–water partition coefficient (Wildman–Crippen LogP) is 2.59. The lowest BCUT2D eigenvalue weighted by molar-refractivity contribution is 0.0696. The molecule has 0 saturated heterocycles. The number of rotatable bonds is 3. The Morgan fingerprint density at radius 2 is 2.06 bits per heavy atom. The van der Waals surface area contributed by atoms with Gasteiger partial charge in [0.15, 0.2) is 0 Å². The molecule has 0 bridgehead atoms. The Morgan fingerprint density at radius 1 is 1.41 bits per heavy atom. The second kappa shape index (κ2) is 4.45. The number of thiocarbonyl (C=S) groups is 1. The molecule has 0 heterocycles. The average molecular weight is 249 g/mol. The molecule has 4 heteroatoms. The molecule has 3 nitrogen and oxygen atoms in total. The van der Waals surface area contributed by atoms with Gasteiger partial charge in [0.25, 0.3) is 0 Å². The first-order valence-corrected chi connectivity index (χ1v) is 6.09. The molecular weight excluding hydrogens is 234 g/mol. The van der Waals surface area contributed by atoms with Crippen LogP contribution in [0.1, 0.15) is 52.2 Å². The molecule has 1 aliphatic carbocycles. The number of hydrogen-bond donors (Lipinski definition) is 2. The lowest BCUT2D eigenvalue weighted by Crippen LogP contribution is -2.19. The van der Waals surface area contributed by atoms with Crippen LogP contribution < -0.4 is 5.73 Å². The molecule has 1 aliphatic rings. The smallest absolute Gasteiger partial charge is 0.335 e. The van der Waals surface area contributed by atoms with Crippen LogP contribution >= 0.6 is 12.2 Å². The van der Waals surface area contributed by atoms with Gasteiger partial charge in [0.1, 0.15) is 4.99 Å². The van der Waals surface area contributed by atoms with Crippen molar-refractivity contribution in [2.24, 2.45) is 5.73 Å². The highest BCUT2D eigenvalue weighted by Gasteiger charge is 2.24. The molecule has 0 radical (unpaired) electrons. The summed E-state index contributed by atoms with van der Waals surface area (Å²) in [4.78, 5) is 11.4. The van der Waals surface area contributed by atoms with Gasteiger partial charge in [-0.3, -0.25) is 0 Å². The van der Waals surface area contributed by atoms with E-state index in [4.69, 9.17) is 23.1 Å². The van der Waals surface area contributed by atoms with Crippen LogP contribution in [-0.2, 0) is 0 Å². The van der Waals surface area contributed by atoms with Crippen molar-refractivity contribution in [1.29, 1.82) is 0 Å². The fraction of sp³-hybridized carbons (Fsp3) is 0.385. The first-order chi connectivity index (χ1) is 8.00. The van der Waals surface area contributed by atoms with Gasteiger partial charge in [0.05, 0.1) is 5.56 Å². The van der Waals surface area contributed by atoms with Crippen LogP contribution in [0.25, 0.3) is 0 Å². The molecule has 0 aromatic heterocycles. The molecule has 0 amide bonds. The Bertz CT molecular complexity index is 492. The summed E-state index contributed by atoms with van der Waals surface area (Å²) in [6.45, 7) is 1.81. The lowest BCUT2D eigenvalue weighted by atomic mass is 9.77. The van der Waals surface area contributed by atoms with Gasteiger partial charge in [-0.05, 0) is 42.9 Å². The van der Waals surface area contributed by atoms with Crippen molar-refractivity contribution in [2.75, 3.05) is 0 Å². The second-order valence-corrected chi connectivity index (χ2v) is 4.99. The van der Waals surface area contributed by atoms with Crippen molar-refractivity contribution < 1.29 is 9.90 Å². The third kappa shape index (κ3) is 2.17. The van der Waals surface area contributed by atoms with Gasteiger partial charge in [-0.1, -0.05) is 24.7 Å². The molecule has 0 atom stereocenters. The molecule has 17 heavy (non-hydrogen) atoms. The Hall–Kier alpha value is -1.42. The topological polar surface area (TPSA) is 63.3 Å². The second-order valence-electron chi connectivity index (χ2n) is 4.55. The van der Waals surface area contributed by atoms with Crippen molar-refractivity contribution in [3.63, 3.8) is 0 Å². The molecule has 0 unspecified atom stereocenters. The third-order valence-corrected chi connectivity index (χ3v) is 3.66. The number of carboxylic acid groups (broad SMARTS) is 1. The van der Waals surface area contributed by atoms with Gasteiger partial charge in [-0.15, -0.1) is 0 Å². The lowest BCUT2D eigenvalue weighted by Gasteiger charge is -2.28. The van der Waals surface area contributed by atoms with Crippen molar-refractivity contribution in [2.45, 2.75) is 32.1 Å². The maximum Gasteiger partial charge on any atom is 0.335 e. The number of aromatic carboxylic acids is 1. The standard InChI is InChI=1S/C13H15NO2S/c1-7-5-10(8-3-2-4-8)11(12(14)17)6-9(7)13(15)16/h5-6,8H,2-4H2,1H3,(H2,14,17)(H,15,16).